The molecule has 0 aliphatic carbocycles. The van der Waals surface area contributed by atoms with Gasteiger partial charge in [0, 0.05) is 17.8 Å². The number of aryl methyl sites for hydroxylation is 1. The third-order valence-corrected chi connectivity index (χ3v) is 4.88. The standard InChI is InChI=1S/C23H24N/c1-2-23(21-14-7-4-8-15-21,22-16-10-18-24-19-22)17-9-13-20-11-5-3-6-12-20/h3-8,10-12,14-16,18-19H,1-2,9,13,17H2. The molecule has 0 spiro atoms. The first-order valence-electron chi connectivity index (χ1n) is 8.64. The van der Waals surface area contributed by atoms with Gasteiger partial charge in [-0.05, 0) is 48.4 Å². The zero-order valence-corrected chi connectivity index (χ0v) is 14.1. The Hall–Kier alpha value is -2.41. The molecule has 1 heterocycles. The summed E-state index contributed by atoms with van der Waals surface area (Å²) in [7, 11) is 0. The van der Waals surface area contributed by atoms with E-state index in [0.29, 0.717) is 0 Å². The van der Waals surface area contributed by atoms with Crippen molar-refractivity contribution < 1.29 is 0 Å². The van der Waals surface area contributed by atoms with Gasteiger partial charge in [0.2, 0.25) is 0 Å². The normalized spacial score (nSPS) is 13.4. The third-order valence-electron chi connectivity index (χ3n) is 4.88. The molecule has 0 aliphatic rings. The SMILES string of the molecule is [CH2]CC(CCCc1ccccc1)(c1ccccc1)c1cccnc1. The molecule has 0 N–H and O–H groups in total. The van der Waals surface area contributed by atoms with E-state index in [1.54, 1.807) is 0 Å². The fourth-order valence-corrected chi connectivity index (χ4v) is 3.51. The van der Waals surface area contributed by atoms with Gasteiger partial charge in [0.25, 0.3) is 0 Å². The summed E-state index contributed by atoms with van der Waals surface area (Å²) in [5.74, 6) is 0. The Labute approximate surface area is 145 Å². The molecular formula is C23H24N. The van der Waals surface area contributed by atoms with Gasteiger partial charge in [-0.25, -0.2) is 0 Å². The molecule has 0 saturated carbocycles. The lowest BCUT2D eigenvalue weighted by molar-refractivity contribution is 0.456. The Morgan fingerprint density at radius 2 is 1.46 bits per heavy atom. The van der Waals surface area contributed by atoms with Gasteiger partial charge >= 0.3 is 0 Å². The number of benzene rings is 2. The Kier molecular flexibility index (Phi) is 5.43. The molecule has 2 aromatic carbocycles. The highest BCUT2D eigenvalue weighted by molar-refractivity contribution is 5.38. The van der Waals surface area contributed by atoms with Crippen LogP contribution in [0.4, 0.5) is 0 Å². The molecule has 24 heavy (non-hydrogen) atoms. The number of hydrogen-bond donors (Lipinski definition) is 0. The smallest absolute Gasteiger partial charge is 0.0308 e. The van der Waals surface area contributed by atoms with Gasteiger partial charge in [-0.3, -0.25) is 4.98 Å². The average molecular weight is 314 g/mol. The Morgan fingerprint density at radius 1 is 0.792 bits per heavy atom. The predicted molar refractivity (Wildman–Crippen MR) is 101 cm³/mol. The molecule has 3 rings (SSSR count). The Morgan fingerprint density at radius 3 is 2.08 bits per heavy atom. The van der Waals surface area contributed by atoms with Crippen molar-refractivity contribution in [2.45, 2.75) is 31.1 Å². The zero-order valence-electron chi connectivity index (χ0n) is 14.1. The molecule has 1 aromatic heterocycles. The summed E-state index contributed by atoms with van der Waals surface area (Å²) in [6.07, 6.45) is 7.96. The largest absolute Gasteiger partial charge is 0.264 e. The van der Waals surface area contributed by atoms with Crippen molar-refractivity contribution in [1.29, 1.82) is 0 Å². The molecule has 1 radical (unpaired) electrons. The first-order valence-corrected chi connectivity index (χ1v) is 8.64. The molecule has 1 heteroatoms. The highest BCUT2D eigenvalue weighted by Crippen LogP contribution is 2.39. The van der Waals surface area contributed by atoms with E-state index in [1.165, 1.54) is 16.7 Å². The molecule has 0 saturated heterocycles. The van der Waals surface area contributed by atoms with Crippen molar-refractivity contribution in [2.75, 3.05) is 0 Å². The molecule has 1 nitrogen and oxygen atoms in total. The zero-order chi connectivity index (χ0) is 16.7. The third kappa shape index (κ3) is 3.56. The summed E-state index contributed by atoms with van der Waals surface area (Å²) >= 11 is 0. The predicted octanol–water partition coefficient (Wildman–Crippen LogP) is 5.61. The van der Waals surface area contributed by atoms with Gasteiger partial charge in [0.1, 0.15) is 0 Å². The first kappa shape index (κ1) is 16.4. The second-order valence-electron chi connectivity index (χ2n) is 6.28. The summed E-state index contributed by atoms with van der Waals surface area (Å²) in [5, 5.41) is 0. The van der Waals surface area contributed by atoms with Crippen LogP contribution in [0.1, 0.15) is 36.0 Å². The van der Waals surface area contributed by atoms with Crippen LogP contribution in [0.15, 0.2) is 85.2 Å². The number of nitrogens with zero attached hydrogens (tertiary/aromatic N) is 1. The van der Waals surface area contributed by atoms with Gasteiger partial charge < -0.3 is 0 Å². The summed E-state index contributed by atoms with van der Waals surface area (Å²) in [4.78, 5) is 4.36. The van der Waals surface area contributed by atoms with Crippen LogP contribution in [0, 0.1) is 6.92 Å². The van der Waals surface area contributed by atoms with Crippen LogP contribution in [-0.4, -0.2) is 4.98 Å². The average Bonchev–Trinajstić information content (AvgIpc) is 2.68. The molecule has 0 amide bonds. The van der Waals surface area contributed by atoms with E-state index in [0.717, 1.165) is 25.7 Å². The lowest BCUT2D eigenvalue weighted by Gasteiger charge is -2.34. The van der Waals surface area contributed by atoms with Gasteiger partial charge in [0.15, 0.2) is 0 Å². The van der Waals surface area contributed by atoms with Crippen molar-refractivity contribution in [1.82, 2.24) is 4.98 Å². The van der Waals surface area contributed by atoms with Crippen LogP contribution in [-0.2, 0) is 11.8 Å². The minimum Gasteiger partial charge on any atom is -0.264 e. The maximum atomic E-state index is 4.36. The van der Waals surface area contributed by atoms with Crippen LogP contribution in [0.25, 0.3) is 0 Å². The van der Waals surface area contributed by atoms with E-state index < -0.39 is 0 Å². The Balaban J connectivity index is 1.87. The number of pyridine rings is 1. The van der Waals surface area contributed by atoms with Crippen molar-refractivity contribution in [2.24, 2.45) is 0 Å². The van der Waals surface area contributed by atoms with Crippen LogP contribution in [0.5, 0.6) is 0 Å². The summed E-state index contributed by atoms with van der Waals surface area (Å²) in [5.41, 5.74) is 3.93. The lowest BCUT2D eigenvalue weighted by Crippen LogP contribution is -2.27. The number of hydrogen-bond acceptors (Lipinski definition) is 1. The monoisotopic (exact) mass is 314 g/mol. The van der Waals surface area contributed by atoms with Crippen LogP contribution >= 0.6 is 0 Å². The van der Waals surface area contributed by atoms with Crippen molar-refractivity contribution >= 4 is 0 Å². The summed E-state index contributed by atoms with van der Waals surface area (Å²) < 4.78 is 0. The second-order valence-corrected chi connectivity index (χ2v) is 6.28. The molecule has 3 aromatic rings. The van der Waals surface area contributed by atoms with E-state index in [2.05, 4.69) is 78.6 Å². The molecule has 1 atom stereocenters. The summed E-state index contributed by atoms with van der Waals surface area (Å²) in [6.45, 7) is 4.31. The van der Waals surface area contributed by atoms with E-state index in [9.17, 15) is 0 Å². The fraction of sp³-hybridized carbons (Fsp3) is 0.217. The molecule has 1 unspecified atom stereocenters. The highest BCUT2D eigenvalue weighted by Gasteiger charge is 2.32. The number of aromatic nitrogens is 1. The van der Waals surface area contributed by atoms with Gasteiger partial charge in [-0.1, -0.05) is 73.7 Å². The quantitative estimate of drug-likeness (QED) is 0.552. The minimum absolute atomic E-state index is 0.0652. The van der Waals surface area contributed by atoms with Gasteiger partial charge in [0.05, 0.1) is 0 Å². The lowest BCUT2D eigenvalue weighted by atomic mass is 9.69. The van der Waals surface area contributed by atoms with E-state index in [4.69, 9.17) is 0 Å². The maximum Gasteiger partial charge on any atom is 0.0308 e. The van der Waals surface area contributed by atoms with Crippen LogP contribution in [0.2, 0.25) is 0 Å². The summed E-state index contributed by atoms with van der Waals surface area (Å²) in [6, 6.07) is 25.7. The van der Waals surface area contributed by atoms with Gasteiger partial charge in [-0.2, -0.15) is 0 Å². The van der Waals surface area contributed by atoms with Crippen molar-refractivity contribution in [3.05, 3.63) is 109 Å². The molecule has 0 fully saturated rings. The molecule has 0 aliphatic heterocycles. The topological polar surface area (TPSA) is 12.9 Å². The number of rotatable bonds is 7. The maximum absolute atomic E-state index is 4.36. The molecular weight excluding hydrogens is 290 g/mol. The van der Waals surface area contributed by atoms with Crippen molar-refractivity contribution in [3.63, 3.8) is 0 Å². The molecule has 121 valence electrons. The minimum atomic E-state index is -0.0652. The Bertz CT molecular complexity index is 680. The van der Waals surface area contributed by atoms with Crippen LogP contribution in [0.3, 0.4) is 0 Å². The van der Waals surface area contributed by atoms with Crippen molar-refractivity contribution in [3.8, 4) is 0 Å². The fourth-order valence-electron chi connectivity index (χ4n) is 3.51. The highest BCUT2D eigenvalue weighted by atomic mass is 14.6. The van der Waals surface area contributed by atoms with E-state index >= 15 is 0 Å². The molecule has 0 bridgehead atoms. The van der Waals surface area contributed by atoms with E-state index in [1.807, 2.05) is 18.5 Å². The second kappa shape index (κ2) is 7.92. The van der Waals surface area contributed by atoms with E-state index in [-0.39, 0.29) is 5.41 Å². The van der Waals surface area contributed by atoms with Crippen LogP contribution < -0.4 is 0 Å². The first-order chi connectivity index (χ1) is 11.8. The van der Waals surface area contributed by atoms with Gasteiger partial charge in [-0.15, -0.1) is 0 Å².